The summed E-state index contributed by atoms with van der Waals surface area (Å²) < 4.78 is 5.23. The topological polar surface area (TPSA) is 55.6 Å². The van der Waals surface area contributed by atoms with Gasteiger partial charge in [-0.3, -0.25) is 4.79 Å². The Morgan fingerprint density at radius 1 is 1.82 bits per heavy atom. The molecule has 1 amide bonds. The minimum absolute atomic E-state index is 0.0540. The monoisotopic (exact) mass is 158 g/mol. The molecule has 1 heterocycles. The first-order chi connectivity index (χ1) is 5.24. The van der Waals surface area contributed by atoms with Gasteiger partial charge >= 0.3 is 0 Å². The van der Waals surface area contributed by atoms with Crippen molar-refractivity contribution in [3.8, 4) is 0 Å². The van der Waals surface area contributed by atoms with E-state index in [0.717, 1.165) is 6.42 Å². The van der Waals surface area contributed by atoms with Crippen molar-refractivity contribution in [2.45, 2.75) is 12.5 Å². The van der Waals surface area contributed by atoms with Crippen LogP contribution < -0.4 is 5.73 Å². The fourth-order valence-electron chi connectivity index (χ4n) is 1.12. The molecule has 1 saturated heterocycles. The van der Waals surface area contributed by atoms with E-state index in [0.29, 0.717) is 13.1 Å². The number of likely N-dealkylation sites (N-methyl/N-ethyl adjacent to an activating group) is 1. The van der Waals surface area contributed by atoms with E-state index in [2.05, 4.69) is 0 Å². The molecule has 1 aliphatic heterocycles. The largest absolute Gasteiger partial charge is 0.367 e. The van der Waals surface area contributed by atoms with Crippen molar-refractivity contribution in [3.63, 3.8) is 0 Å². The highest BCUT2D eigenvalue weighted by Gasteiger charge is 2.22. The zero-order valence-corrected chi connectivity index (χ0v) is 6.75. The van der Waals surface area contributed by atoms with Crippen molar-refractivity contribution in [3.05, 3.63) is 0 Å². The summed E-state index contributed by atoms with van der Waals surface area (Å²) in [6.45, 7) is 1.50. The van der Waals surface area contributed by atoms with Gasteiger partial charge in [0.2, 0.25) is 5.91 Å². The van der Waals surface area contributed by atoms with Crippen LogP contribution in [0.4, 0.5) is 0 Å². The number of nitrogens with two attached hydrogens (primary N) is 1. The lowest BCUT2D eigenvalue weighted by Gasteiger charge is -2.29. The average molecular weight is 158 g/mol. The van der Waals surface area contributed by atoms with Crippen LogP contribution in [0.1, 0.15) is 6.42 Å². The lowest BCUT2D eigenvalue weighted by atomic mass is 10.2. The number of rotatable bonds is 2. The van der Waals surface area contributed by atoms with Gasteiger partial charge in [0, 0.05) is 13.6 Å². The molecule has 4 nitrogen and oxygen atoms in total. The Bertz CT molecular complexity index is 149. The predicted molar refractivity (Wildman–Crippen MR) is 41.0 cm³/mol. The molecule has 1 atom stereocenters. The molecule has 1 aliphatic rings. The van der Waals surface area contributed by atoms with Crippen LogP contribution in [0.25, 0.3) is 0 Å². The Morgan fingerprint density at radius 3 is 3.09 bits per heavy atom. The van der Waals surface area contributed by atoms with Crippen LogP contribution in [0.5, 0.6) is 0 Å². The minimum Gasteiger partial charge on any atom is -0.367 e. The molecule has 1 rings (SSSR count). The van der Waals surface area contributed by atoms with Gasteiger partial charge in [0.15, 0.2) is 0 Å². The van der Waals surface area contributed by atoms with Gasteiger partial charge in [0.25, 0.3) is 0 Å². The van der Waals surface area contributed by atoms with Gasteiger partial charge in [-0.05, 0) is 13.0 Å². The van der Waals surface area contributed by atoms with Crippen molar-refractivity contribution >= 4 is 5.91 Å². The highest BCUT2D eigenvalue weighted by atomic mass is 16.5. The number of ether oxygens (including phenoxy) is 1. The molecule has 2 N–H and O–H groups in total. The van der Waals surface area contributed by atoms with Crippen LogP contribution in [-0.4, -0.2) is 43.7 Å². The Morgan fingerprint density at radius 2 is 2.55 bits per heavy atom. The third kappa shape index (κ3) is 2.17. The minimum atomic E-state index is 0.0540. The van der Waals surface area contributed by atoms with Crippen molar-refractivity contribution < 1.29 is 9.53 Å². The number of carbonyl (C=O) groups is 1. The second-order valence-corrected chi connectivity index (χ2v) is 2.78. The van der Waals surface area contributed by atoms with E-state index in [1.54, 1.807) is 11.9 Å². The van der Waals surface area contributed by atoms with Crippen molar-refractivity contribution in [1.82, 2.24) is 4.90 Å². The predicted octanol–water partition coefficient (Wildman–Crippen LogP) is -0.808. The maximum atomic E-state index is 10.9. The van der Waals surface area contributed by atoms with Crippen molar-refractivity contribution in [2.75, 3.05) is 26.7 Å². The van der Waals surface area contributed by atoms with Gasteiger partial charge in [0.1, 0.15) is 6.61 Å². The van der Waals surface area contributed by atoms with Gasteiger partial charge in [-0.25, -0.2) is 0 Å². The smallest absolute Gasteiger partial charge is 0.248 e. The highest BCUT2D eigenvalue weighted by molar-refractivity contribution is 5.77. The molecule has 0 spiro atoms. The van der Waals surface area contributed by atoms with Gasteiger partial charge in [-0.2, -0.15) is 0 Å². The second-order valence-electron chi connectivity index (χ2n) is 2.78. The van der Waals surface area contributed by atoms with E-state index in [-0.39, 0.29) is 18.6 Å². The van der Waals surface area contributed by atoms with E-state index in [1.165, 1.54) is 0 Å². The Labute approximate surface area is 66.3 Å². The molecule has 4 heteroatoms. The summed E-state index contributed by atoms with van der Waals surface area (Å²) >= 11 is 0. The van der Waals surface area contributed by atoms with Crippen LogP contribution >= 0.6 is 0 Å². The molecule has 0 aliphatic carbocycles. The molecular formula is C7H14N2O2. The quantitative estimate of drug-likeness (QED) is 0.572. The number of hydrogen-bond donors (Lipinski definition) is 1. The summed E-state index contributed by atoms with van der Waals surface area (Å²) in [7, 11) is 1.79. The number of nitrogens with zero attached hydrogens (tertiary/aromatic N) is 1. The Hall–Kier alpha value is -0.610. The molecule has 0 bridgehead atoms. The fraction of sp³-hybridized carbons (Fsp3) is 0.857. The fourth-order valence-corrected chi connectivity index (χ4v) is 1.12. The van der Waals surface area contributed by atoms with Crippen molar-refractivity contribution in [2.24, 2.45) is 5.73 Å². The molecule has 64 valence electrons. The molecule has 0 aromatic heterocycles. The summed E-state index contributed by atoms with van der Waals surface area (Å²) in [4.78, 5) is 12.6. The maximum absolute atomic E-state index is 10.9. The van der Waals surface area contributed by atoms with Crippen LogP contribution in [-0.2, 0) is 9.53 Å². The molecule has 0 radical (unpaired) electrons. The van der Waals surface area contributed by atoms with Crippen LogP contribution in [0, 0.1) is 0 Å². The number of morpholine rings is 1. The van der Waals surface area contributed by atoms with Crippen LogP contribution in [0.3, 0.4) is 0 Å². The molecule has 0 unspecified atom stereocenters. The zero-order valence-electron chi connectivity index (χ0n) is 6.75. The molecule has 0 aromatic carbocycles. The number of hydrogen-bond acceptors (Lipinski definition) is 3. The number of amides is 1. The van der Waals surface area contributed by atoms with Crippen molar-refractivity contribution in [1.29, 1.82) is 0 Å². The van der Waals surface area contributed by atoms with E-state index in [4.69, 9.17) is 10.5 Å². The van der Waals surface area contributed by atoms with Crippen LogP contribution in [0.2, 0.25) is 0 Å². The lowest BCUT2D eigenvalue weighted by Crippen LogP contribution is -2.44. The Kier molecular flexibility index (Phi) is 2.84. The standard InChI is InChI=1S/C7H14N2O2/c1-9-4-6(2-3-8)11-5-7(9)10/h6H,2-5,8H2,1H3/t6-/m1/s1. The van der Waals surface area contributed by atoms with Gasteiger partial charge < -0.3 is 15.4 Å². The van der Waals surface area contributed by atoms with E-state index in [9.17, 15) is 4.79 Å². The summed E-state index contributed by atoms with van der Waals surface area (Å²) in [5.41, 5.74) is 5.36. The van der Waals surface area contributed by atoms with E-state index < -0.39 is 0 Å². The summed E-state index contributed by atoms with van der Waals surface area (Å²) in [6.07, 6.45) is 0.972. The van der Waals surface area contributed by atoms with E-state index in [1.807, 2.05) is 0 Å². The maximum Gasteiger partial charge on any atom is 0.248 e. The zero-order chi connectivity index (χ0) is 8.27. The Balaban J connectivity index is 2.33. The summed E-state index contributed by atoms with van der Waals surface area (Å²) in [6, 6.07) is 0. The third-order valence-electron chi connectivity index (χ3n) is 1.83. The van der Waals surface area contributed by atoms with Gasteiger partial charge in [-0.15, -0.1) is 0 Å². The summed E-state index contributed by atoms with van der Waals surface area (Å²) in [5.74, 6) is 0.0540. The SMILES string of the molecule is CN1C[C@@H](CCN)OCC1=O. The second kappa shape index (κ2) is 3.69. The molecule has 0 saturated carbocycles. The molecule has 11 heavy (non-hydrogen) atoms. The van der Waals surface area contributed by atoms with Gasteiger partial charge in [0.05, 0.1) is 6.10 Å². The first-order valence-electron chi connectivity index (χ1n) is 3.79. The number of carbonyl (C=O) groups excluding carboxylic acids is 1. The highest BCUT2D eigenvalue weighted by Crippen LogP contribution is 2.06. The lowest BCUT2D eigenvalue weighted by molar-refractivity contribution is -0.146. The average Bonchev–Trinajstić information content (AvgIpc) is 1.98. The van der Waals surface area contributed by atoms with Crippen LogP contribution in [0.15, 0.2) is 0 Å². The van der Waals surface area contributed by atoms with Gasteiger partial charge in [-0.1, -0.05) is 0 Å². The molecule has 1 fully saturated rings. The third-order valence-corrected chi connectivity index (χ3v) is 1.83. The first kappa shape index (κ1) is 8.49. The first-order valence-corrected chi connectivity index (χ1v) is 3.79. The summed E-state index contributed by atoms with van der Waals surface area (Å²) in [5, 5.41) is 0. The molecule has 0 aromatic rings. The normalized spacial score (nSPS) is 25.8. The van der Waals surface area contributed by atoms with E-state index >= 15 is 0 Å². The molecular weight excluding hydrogens is 144 g/mol.